The summed E-state index contributed by atoms with van der Waals surface area (Å²) >= 11 is 1.54. The molecule has 0 saturated carbocycles. The Hall–Kier alpha value is -3.81. The van der Waals surface area contributed by atoms with Crippen LogP contribution >= 0.6 is 11.3 Å². The van der Waals surface area contributed by atoms with Crippen molar-refractivity contribution < 1.29 is 52.6 Å². The Labute approximate surface area is 296 Å². The molecular weight excluding hydrogens is 623 g/mol. The van der Waals surface area contributed by atoms with E-state index in [-0.39, 0.29) is 43.6 Å². The normalized spacial score (nSPS) is 14.7. The standard InChI is InChI=1S/C37H40N2O7S.Li/c40-33-9-5-19-39(33)21-24-44-28-14-11-26(12-15-28)36(43)35-29-7-1-2-8-32(29)47-37(35)27-13-16-30(46-23-20-38-17-3-4-18-38)31(25-27)45-22-6-10-34(41)42;/h1-2,7-8,11-16,25H,3-6,9-10,17-24H2,(H,41,42);/q;+1/p-1. The molecule has 0 N–H and O–H groups in total. The van der Waals surface area contributed by atoms with Gasteiger partial charge in [-0.25, -0.2) is 0 Å². The summed E-state index contributed by atoms with van der Waals surface area (Å²) in [7, 11) is 0. The van der Waals surface area contributed by atoms with Gasteiger partial charge in [0, 0.05) is 51.6 Å². The first-order chi connectivity index (χ1) is 23.0. The van der Waals surface area contributed by atoms with Crippen molar-refractivity contribution in [2.45, 2.75) is 38.5 Å². The van der Waals surface area contributed by atoms with Crippen molar-refractivity contribution in [3.8, 4) is 27.7 Å². The van der Waals surface area contributed by atoms with Crippen LogP contribution < -0.4 is 38.2 Å². The number of benzene rings is 3. The summed E-state index contributed by atoms with van der Waals surface area (Å²) < 4.78 is 19.1. The second kappa shape index (κ2) is 17.0. The molecule has 0 radical (unpaired) electrons. The number of likely N-dealkylation sites (tertiary alicyclic amines) is 2. The number of thiophene rings is 1. The van der Waals surface area contributed by atoms with Gasteiger partial charge in [-0.05, 0) is 99.3 Å². The Morgan fingerprint density at radius 1 is 0.812 bits per heavy atom. The van der Waals surface area contributed by atoms with E-state index in [4.69, 9.17) is 14.2 Å². The van der Waals surface area contributed by atoms with Gasteiger partial charge < -0.3 is 29.0 Å². The summed E-state index contributed by atoms with van der Waals surface area (Å²) in [4.78, 5) is 42.0. The third kappa shape index (κ3) is 8.80. The largest absolute Gasteiger partial charge is 1.00 e. The summed E-state index contributed by atoms with van der Waals surface area (Å²) in [5, 5.41) is 11.8. The number of ether oxygens (including phenoxy) is 3. The minimum Gasteiger partial charge on any atom is -0.550 e. The predicted molar refractivity (Wildman–Crippen MR) is 179 cm³/mol. The Morgan fingerprint density at radius 2 is 1.56 bits per heavy atom. The fourth-order valence-corrected chi connectivity index (χ4v) is 7.30. The van der Waals surface area contributed by atoms with Crippen molar-refractivity contribution in [3.63, 3.8) is 0 Å². The molecule has 2 aliphatic rings. The fraction of sp³-hybridized carbons (Fsp3) is 0.378. The van der Waals surface area contributed by atoms with E-state index in [9.17, 15) is 19.5 Å². The molecule has 4 aromatic rings. The SMILES string of the molecule is O=C([O-])CCCOc1cc(-c2sc3ccccc3c2C(=O)c2ccc(OCCN3CCCC3=O)cc2)ccc1OCCN1CCCC1.[Li+]. The number of hydrogen-bond donors (Lipinski definition) is 0. The molecule has 11 heteroatoms. The summed E-state index contributed by atoms with van der Waals surface area (Å²) in [5.41, 5.74) is 1.96. The number of amides is 1. The van der Waals surface area contributed by atoms with E-state index in [1.165, 1.54) is 12.8 Å². The number of carboxylic acids is 1. The maximum Gasteiger partial charge on any atom is 1.00 e. The number of carbonyl (C=O) groups is 3. The monoisotopic (exact) mass is 662 g/mol. The van der Waals surface area contributed by atoms with Gasteiger partial charge in [-0.2, -0.15) is 0 Å². The molecule has 3 aromatic carbocycles. The van der Waals surface area contributed by atoms with Crippen LogP contribution in [0.1, 0.15) is 54.4 Å². The third-order valence-corrected chi connectivity index (χ3v) is 9.81. The van der Waals surface area contributed by atoms with Crippen LogP contribution in [0, 0.1) is 0 Å². The minimum absolute atomic E-state index is 0. The van der Waals surface area contributed by atoms with Gasteiger partial charge in [-0.15, -0.1) is 11.3 Å². The van der Waals surface area contributed by atoms with E-state index in [0.717, 1.165) is 53.1 Å². The molecule has 0 bridgehead atoms. The molecule has 1 amide bonds. The first-order valence-corrected chi connectivity index (χ1v) is 17.2. The summed E-state index contributed by atoms with van der Waals surface area (Å²) in [6.45, 7) is 5.41. The maximum atomic E-state index is 14.1. The fourth-order valence-electron chi connectivity index (χ4n) is 6.11. The van der Waals surface area contributed by atoms with Crippen molar-refractivity contribution in [2.75, 3.05) is 52.5 Å². The zero-order chi connectivity index (χ0) is 32.6. The first-order valence-electron chi connectivity index (χ1n) is 16.4. The van der Waals surface area contributed by atoms with Crippen LogP contribution in [0.2, 0.25) is 0 Å². The average molecular weight is 663 g/mol. The Morgan fingerprint density at radius 3 is 2.31 bits per heavy atom. The number of carbonyl (C=O) groups excluding carboxylic acids is 3. The van der Waals surface area contributed by atoms with E-state index in [0.29, 0.717) is 61.0 Å². The van der Waals surface area contributed by atoms with E-state index >= 15 is 0 Å². The average Bonchev–Trinajstić information content (AvgIpc) is 3.84. The quantitative estimate of drug-likeness (QED) is 0.102. The summed E-state index contributed by atoms with van der Waals surface area (Å²) in [6.07, 6.45) is 4.12. The second-order valence-corrected chi connectivity index (χ2v) is 12.9. The molecule has 48 heavy (non-hydrogen) atoms. The van der Waals surface area contributed by atoms with Crippen LogP contribution in [-0.2, 0) is 9.59 Å². The van der Waals surface area contributed by atoms with Crippen molar-refractivity contribution in [3.05, 3.63) is 77.9 Å². The molecule has 2 aliphatic heterocycles. The number of hydrogen-bond acceptors (Lipinski definition) is 9. The molecule has 2 fully saturated rings. The van der Waals surface area contributed by atoms with Crippen molar-refractivity contribution in [1.29, 1.82) is 0 Å². The summed E-state index contributed by atoms with van der Waals surface area (Å²) in [5.74, 6) is 0.687. The molecule has 0 aliphatic carbocycles. The molecule has 246 valence electrons. The third-order valence-electron chi connectivity index (χ3n) is 8.59. The molecule has 0 unspecified atom stereocenters. The number of rotatable bonds is 16. The molecule has 3 heterocycles. The molecular formula is C37H39LiN2O7S. The predicted octanol–water partition coefficient (Wildman–Crippen LogP) is 2.19. The van der Waals surface area contributed by atoms with Gasteiger partial charge in [0.05, 0.1) is 13.2 Å². The van der Waals surface area contributed by atoms with Crippen LogP contribution in [0.3, 0.4) is 0 Å². The number of aliphatic carboxylic acids is 1. The van der Waals surface area contributed by atoms with Crippen LogP contribution in [0.5, 0.6) is 17.2 Å². The topological polar surface area (TPSA) is 108 Å². The van der Waals surface area contributed by atoms with Gasteiger partial charge in [0.1, 0.15) is 19.0 Å². The Balaban J connectivity index is 0.00000451. The molecule has 0 atom stereocenters. The number of ketones is 1. The molecule has 0 spiro atoms. The number of nitrogens with zero attached hydrogens (tertiary/aromatic N) is 2. The van der Waals surface area contributed by atoms with E-state index < -0.39 is 5.97 Å². The zero-order valence-corrected chi connectivity index (χ0v) is 28.2. The maximum absolute atomic E-state index is 14.1. The van der Waals surface area contributed by atoms with Crippen molar-refractivity contribution in [2.24, 2.45) is 0 Å². The summed E-state index contributed by atoms with van der Waals surface area (Å²) in [6, 6.07) is 20.7. The van der Waals surface area contributed by atoms with Gasteiger partial charge in [-0.3, -0.25) is 14.5 Å². The zero-order valence-electron chi connectivity index (χ0n) is 27.4. The molecule has 6 rings (SSSR count). The molecule has 2 saturated heterocycles. The van der Waals surface area contributed by atoms with Crippen LogP contribution in [-0.4, -0.2) is 80.0 Å². The van der Waals surface area contributed by atoms with Crippen LogP contribution in [0.15, 0.2) is 66.7 Å². The van der Waals surface area contributed by atoms with Gasteiger partial charge in [0.25, 0.3) is 0 Å². The van der Waals surface area contributed by atoms with Crippen LogP contribution in [0.4, 0.5) is 0 Å². The smallest absolute Gasteiger partial charge is 0.550 e. The Bertz CT molecular complexity index is 1720. The Kier molecular flexibility index (Phi) is 12.6. The van der Waals surface area contributed by atoms with E-state index in [1.54, 1.807) is 35.6 Å². The van der Waals surface area contributed by atoms with Crippen LogP contribution in [0.25, 0.3) is 20.5 Å². The van der Waals surface area contributed by atoms with E-state index in [2.05, 4.69) is 4.90 Å². The van der Waals surface area contributed by atoms with E-state index in [1.807, 2.05) is 47.4 Å². The minimum atomic E-state index is -1.11. The number of carboxylic acid groups (broad SMARTS) is 1. The van der Waals surface area contributed by atoms with Gasteiger partial charge in [0.2, 0.25) is 5.91 Å². The van der Waals surface area contributed by atoms with Gasteiger partial charge in [-0.1, -0.05) is 18.2 Å². The van der Waals surface area contributed by atoms with Gasteiger partial charge >= 0.3 is 18.9 Å². The van der Waals surface area contributed by atoms with Crippen molar-refractivity contribution in [1.82, 2.24) is 9.80 Å². The first kappa shape index (κ1) is 35.5. The van der Waals surface area contributed by atoms with Crippen molar-refractivity contribution >= 4 is 39.1 Å². The second-order valence-electron chi connectivity index (χ2n) is 11.9. The molecule has 1 aromatic heterocycles. The molecule has 9 nitrogen and oxygen atoms in total. The van der Waals surface area contributed by atoms with Gasteiger partial charge in [0.15, 0.2) is 17.3 Å². The number of fused-ring (bicyclic) bond motifs is 1.